The highest BCUT2D eigenvalue weighted by atomic mass is 19.3. The lowest BCUT2D eigenvalue weighted by Crippen LogP contribution is -2.35. The Balaban J connectivity index is 0. The second kappa shape index (κ2) is 7.85. The fourth-order valence-electron chi connectivity index (χ4n) is 0.793. The predicted octanol–water partition coefficient (Wildman–Crippen LogP) is 2.48. The van der Waals surface area contributed by atoms with Gasteiger partial charge in [0.15, 0.2) is 0 Å². The molecule has 0 unspecified atom stereocenters. The number of piperidine rings is 1. The van der Waals surface area contributed by atoms with Crippen molar-refractivity contribution in [3.63, 3.8) is 0 Å². The van der Waals surface area contributed by atoms with Crippen molar-refractivity contribution in [2.24, 2.45) is 5.92 Å². The lowest BCUT2D eigenvalue weighted by atomic mass is 10.1. The molecule has 2 nitrogen and oxygen atoms in total. The van der Waals surface area contributed by atoms with Crippen LogP contribution in [0.25, 0.3) is 0 Å². The molecule has 1 rings (SSSR count). The van der Waals surface area contributed by atoms with E-state index in [-0.39, 0.29) is 26.2 Å². The van der Waals surface area contributed by atoms with Crippen molar-refractivity contribution in [3.05, 3.63) is 0 Å². The van der Waals surface area contributed by atoms with Crippen LogP contribution in [0, 0.1) is 5.92 Å². The lowest BCUT2D eigenvalue weighted by molar-refractivity contribution is -0.110. The van der Waals surface area contributed by atoms with E-state index in [1.54, 1.807) is 0 Å². The standard InChI is InChI=1S/C5H9F2N.C4H8O.CH4/c6-5(7)1-3-8-4-2-5;1-4(2)3-5;/h8H,1-4H2;3-4H,1-2H3;1H4. The summed E-state index contributed by atoms with van der Waals surface area (Å²) in [4.78, 5) is 9.50. The Labute approximate surface area is 85.1 Å². The van der Waals surface area contributed by atoms with E-state index in [0.717, 1.165) is 6.29 Å². The van der Waals surface area contributed by atoms with Crippen LogP contribution in [0.3, 0.4) is 0 Å². The molecule has 4 heteroatoms. The molecule has 1 fully saturated rings. The summed E-state index contributed by atoms with van der Waals surface area (Å²) < 4.78 is 24.3. The van der Waals surface area contributed by atoms with Crippen LogP contribution in [0.2, 0.25) is 0 Å². The highest BCUT2D eigenvalue weighted by molar-refractivity contribution is 5.51. The van der Waals surface area contributed by atoms with Crippen LogP contribution < -0.4 is 5.32 Å². The third-order valence-electron chi connectivity index (χ3n) is 1.61. The van der Waals surface area contributed by atoms with Crippen LogP contribution in [-0.2, 0) is 4.79 Å². The summed E-state index contributed by atoms with van der Waals surface area (Å²) in [6.07, 6.45) is 0.931. The number of carbonyl (C=O) groups excluding carboxylic acids is 1. The maximum Gasteiger partial charge on any atom is 0.250 e. The zero-order chi connectivity index (χ0) is 10.3. The fourth-order valence-corrected chi connectivity index (χ4v) is 0.793. The summed E-state index contributed by atoms with van der Waals surface area (Å²) in [5.41, 5.74) is 0. The number of nitrogens with one attached hydrogen (secondary N) is 1. The van der Waals surface area contributed by atoms with Crippen molar-refractivity contribution in [1.82, 2.24) is 5.32 Å². The molecule has 1 heterocycles. The Bertz CT molecular complexity index is 141. The molecule has 0 amide bonds. The highest BCUT2D eigenvalue weighted by Crippen LogP contribution is 2.23. The van der Waals surface area contributed by atoms with Gasteiger partial charge in [0.2, 0.25) is 0 Å². The second-order valence-corrected chi connectivity index (χ2v) is 3.49. The molecule has 0 spiro atoms. The van der Waals surface area contributed by atoms with Gasteiger partial charge in [0.05, 0.1) is 0 Å². The molecular formula is C10H21F2NO. The average molecular weight is 209 g/mol. The van der Waals surface area contributed by atoms with Gasteiger partial charge in [-0.1, -0.05) is 21.3 Å². The first-order chi connectivity index (χ1) is 5.98. The Kier molecular flexibility index (Phi) is 8.94. The molecule has 0 atom stereocenters. The molecule has 14 heavy (non-hydrogen) atoms. The predicted molar refractivity (Wildman–Crippen MR) is 54.7 cm³/mol. The summed E-state index contributed by atoms with van der Waals surface area (Å²) in [7, 11) is 0. The lowest BCUT2D eigenvalue weighted by Gasteiger charge is -2.21. The molecule has 0 saturated carbocycles. The first kappa shape index (κ1) is 15.9. The molecule has 1 saturated heterocycles. The van der Waals surface area contributed by atoms with Crippen molar-refractivity contribution >= 4 is 6.29 Å². The normalized spacial score (nSPS) is 18.9. The van der Waals surface area contributed by atoms with Crippen LogP contribution in [0.1, 0.15) is 34.1 Å². The molecule has 0 radical (unpaired) electrons. The highest BCUT2D eigenvalue weighted by Gasteiger charge is 2.30. The topological polar surface area (TPSA) is 29.1 Å². The van der Waals surface area contributed by atoms with Gasteiger partial charge in [-0.25, -0.2) is 8.78 Å². The minimum absolute atomic E-state index is 0. The molecule has 0 aliphatic carbocycles. The number of carbonyl (C=O) groups is 1. The molecule has 1 N–H and O–H groups in total. The largest absolute Gasteiger partial charge is 0.316 e. The van der Waals surface area contributed by atoms with E-state index >= 15 is 0 Å². The molecule has 1 aliphatic heterocycles. The quantitative estimate of drug-likeness (QED) is 0.672. The van der Waals surface area contributed by atoms with Gasteiger partial charge < -0.3 is 10.1 Å². The van der Waals surface area contributed by atoms with E-state index in [4.69, 9.17) is 0 Å². The van der Waals surface area contributed by atoms with Crippen LogP contribution in [0.4, 0.5) is 8.78 Å². The van der Waals surface area contributed by atoms with Crippen LogP contribution in [0.15, 0.2) is 0 Å². The average Bonchev–Trinajstić information content (AvgIpc) is 2.05. The van der Waals surface area contributed by atoms with E-state index < -0.39 is 5.92 Å². The Morgan fingerprint density at radius 3 is 1.79 bits per heavy atom. The molecule has 0 aromatic heterocycles. The van der Waals surface area contributed by atoms with Crippen molar-refractivity contribution in [2.75, 3.05) is 13.1 Å². The third kappa shape index (κ3) is 9.58. The number of hydrogen-bond acceptors (Lipinski definition) is 2. The molecule has 0 bridgehead atoms. The summed E-state index contributed by atoms with van der Waals surface area (Å²) in [6.45, 7) is 4.64. The zero-order valence-corrected chi connectivity index (χ0v) is 8.15. The van der Waals surface area contributed by atoms with Gasteiger partial charge in [0, 0.05) is 31.8 Å². The Morgan fingerprint density at radius 2 is 1.64 bits per heavy atom. The van der Waals surface area contributed by atoms with Gasteiger partial charge in [-0.3, -0.25) is 0 Å². The molecule has 1 aliphatic rings. The van der Waals surface area contributed by atoms with Crippen LogP contribution in [0.5, 0.6) is 0 Å². The number of alkyl halides is 2. The van der Waals surface area contributed by atoms with Gasteiger partial charge in [0.1, 0.15) is 6.29 Å². The third-order valence-corrected chi connectivity index (χ3v) is 1.61. The number of hydrogen-bond donors (Lipinski definition) is 1. The first-order valence-electron chi connectivity index (χ1n) is 4.52. The summed E-state index contributed by atoms with van der Waals surface area (Å²) in [6, 6.07) is 0. The van der Waals surface area contributed by atoms with Crippen molar-refractivity contribution in [3.8, 4) is 0 Å². The second-order valence-electron chi connectivity index (χ2n) is 3.49. The molecule has 0 aromatic carbocycles. The van der Waals surface area contributed by atoms with E-state index in [1.165, 1.54) is 0 Å². The minimum atomic E-state index is -2.38. The maximum absolute atomic E-state index is 12.2. The van der Waals surface area contributed by atoms with Gasteiger partial charge >= 0.3 is 0 Å². The van der Waals surface area contributed by atoms with E-state index in [1.807, 2.05) is 13.8 Å². The van der Waals surface area contributed by atoms with Gasteiger partial charge in [-0.05, 0) is 0 Å². The Morgan fingerprint density at radius 1 is 1.29 bits per heavy atom. The fraction of sp³-hybridized carbons (Fsp3) is 0.900. The van der Waals surface area contributed by atoms with Crippen molar-refractivity contribution in [1.29, 1.82) is 0 Å². The van der Waals surface area contributed by atoms with Crippen molar-refractivity contribution in [2.45, 2.75) is 40.0 Å². The summed E-state index contributed by atoms with van der Waals surface area (Å²) in [5.74, 6) is -2.18. The zero-order valence-electron chi connectivity index (χ0n) is 8.15. The molecule has 0 aromatic rings. The first-order valence-corrected chi connectivity index (χ1v) is 4.52. The minimum Gasteiger partial charge on any atom is -0.316 e. The van der Waals surface area contributed by atoms with Gasteiger partial charge in [-0.15, -0.1) is 0 Å². The molecule has 86 valence electrons. The summed E-state index contributed by atoms with van der Waals surface area (Å²) in [5, 5.41) is 2.86. The maximum atomic E-state index is 12.2. The SMILES string of the molecule is C.CC(C)C=O.FC1(F)CCNCC1. The summed E-state index contributed by atoms with van der Waals surface area (Å²) >= 11 is 0. The monoisotopic (exact) mass is 209 g/mol. The van der Waals surface area contributed by atoms with E-state index in [0.29, 0.717) is 13.1 Å². The van der Waals surface area contributed by atoms with Crippen molar-refractivity contribution < 1.29 is 13.6 Å². The molecular weight excluding hydrogens is 188 g/mol. The number of aldehydes is 1. The number of halogens is 2. The van der Waals surface area contributed by atoms with Crippen LogP contribution >= 0.6 is 0 Å². The Hall–Kier alpha value is -0.510. The number of rotatable bonds is 1. The van der Waals surface area contributed by atoms with Gasteiger partial charge in [0.25, 0.3) is 5.92 Å². The van der Waals surface area contributed by atoms with Gasteiger partial charge in [-0.2, -0.15) is 0 Å². The van der Waals surface area contributed by atoms with E-state index in [2.05, 4.69) is 5.32 Å². The smallest absolute Gasteiger partial charge is 0.250 e. The van der Waals surface area contributed by atoms with Crippen LogP contribution in [-0.4, -0.2) is 25.3 Å². The van der Waals surface area contributed by atoms with E-state index in [9.17, 15) is 13.6 Å².